The molecule has 4 heterocycles. The highest BCUT2D eigenvalue weighted by Gasteiger charge is 2.39. The summed E-state index contributed by atoms with van der Waals surface area (Å²) in [4.78, 5) is 63.9. The molecule has 4 aromatic carbocycles. The number of fused-ring (bicyclic) bond motifs is 2. The predicted octanol–water partition coefficient (Wildman–Crippen LogP) is 5.33. The molecule has 0 saturated carbocycles. The molecule has 2 aliphatic heterocycles. The number of benzene rings is 4. The number of aromatic amines is 1. The molecule has 2 saturated heterocycles. The number of rotatable bonds is 6. The van der Waals surface area contributed by atoms with Crippen LogP contribution in [0, 0.1) is 0 Å². The lowest BCUT2D eigenvalue weighted by Gasteiger charge is -2.29. The van der Waals surface area contributed by atoms with E-state index in [2.05, 4.69) is 24.8 Å². The van der Waals surface area contributed by atoms with Crippen molar-refractivity contribution in [3.63, 3.8) is 0 Å². The first-order chi connectivity index (χ1) is 33.5. The van der Waals surface area contributed by atoms with E-state index >= 15 is 0 Å². The summed E-state index contributed by atoms with van der Waals surface area (Å²) in [6.45, 7) is 5.94. The molecule has 73 heavy (non-hydrogen) atoms. The van der Waals surface area contributed by atoms with Crippen molar-refractivity contribution in [1.29, 1.82) is 0 Å². The van der Waals surface area contributed by atoms with E-state index in [4.69, 9.17) is 26.8 Å². The maximum atomic E-state index is 11.7. The third-order valence-electron chi connectivity index (χ3n) is 9.34. The maximum Gasteiger partial charge on any atom is 0.350 e. The number of nitrogens with two attached hydrogens (primary N) is 1. The summed E-state index contributed by atoms with van der Waals surface area (Å²) in [6, 6.07) is 24.1. The molecular weight excluding hydrogens is 1060 g/mol. The molecule has 0 bridgehead atoms. The minimum Gasteiger partial charge on any atom is -0.423 e. The van der Waals surface area contributed by atoms with Crippen molar-refractivity contribution in [3.05, 3.63) is 136 Å². The fraction of sp³-hybridized carbons (Fsp3) is 0.234. The van der Waals surface area contributed by atoms with E-state index in [1.54, 1.807) is 42.6 Å². The number of carbonyl (C=O) groups is 4. The van der Waals surface area contributed by atoms with E-state index in [0.29, 0.717) is 43.1 Å². The smallest absolute Gasteiger partial charge is 0.350 e. The summed E-state index contributed by atoms with van der Waals surface area (Å²) in [5, 5.41) is 4.27. The largest absolute Gasteiger partial charge is 0.423 e. The van der Waals surface area contributed by atoms with Crippen molar-refractivity contribution in [1.82, 2.24) is 9.97 Å². The van der Waals surface area contributed by atoms with Gasteiger partial charge in [0.25, 0.3) is 11.6 Å². The number of carbonyl (C=O) groups excluding carboxylic acids is 4. The number of pyridine rings is 2. The molecule has 0 amide bonds. The van der Waals surface area contributed by atoms with E-state index in [9.17, 15) is 57.6 Å². The van der Waals surface area contributed by atoms with E-state index < -0.39 is 74.8 Å². The van der Waals surface area contributed by atoms with Gasteiger partial charge in [-0.25, -0.2) is 43.3 Å². The number of sulfone groups is 4. The predicted molar refractivity (Wildman–Crippen MR) is 270 cm³/mol. The number of H-pyrrole nitrogens is 1. The standard InChI is InChI=1S/C14H15NO6S.C10H8ClNO2S.C10H9NO3S.C7H9NO2S.C6H8O4/c1-14(2)20-12(16)11(13(17)21-14)8-15-9-4-6-10(7-5-9)22(3,18)19;1-15(13,14)7-2-3-10-8(6-7)9(11)4-5-12-10;1-15(13,14)7-2-3-9-8(6-7)10(12)4-5-11-9;1-11(9,10)7-4-2-6(8)3-5-7;1-6(2)9-4(7)3-5(8)10-6/h4-8,15H,1-3H3;2-6H,1H3;2-6H,1H3,(H,11,12);2-5H,8H2,1H3;3H2,1-2H3. The first-order valence-electron chi connectivity index (χ1n) is 20.8. The molecule has 2 fully saturated rings. The van der Waals surface area contributed by atoms with Crippen LogP contribution >= 0.6 is 11.6 Å². The lowest BCUT2D eigenvalue weighted by molar-refractivity contribution is -0.231. The molecule has 21 nitrogen and oxygen atoms in total. The van der Waals surface area contributed by atoms with Gasteiger partial charge in [0.1, 0.15) is 6.42 Å². The van der Waals surface area contributed by atoms with Gasteiger partial charge in [0, 0.05) is 105 Å². The molecule has 0 unspecified atom stereocenters. The molecule has 2 aliphatic rings. The van der Waals surface area contributed by atoms with Crippen LogP contribution < -0.4 is 16.5 Å². The van der Waals surface area contributed by atoms with Gasteiger partial charge >= 0.3 is 23.9 Å². The molecule has 0 radical (unpaired) electrons. The molecule has 0 atom stereocenters. The van der Waals surface area contributed by atoms with Crippen LogP contribution in [0.1, 0.15) is 34.1 Å². The molecule has 2 aromatic heterocycles. The highest BCUT2D eigenvalue weighted by atomic mass is 35.5. The van der Waals surface area contributed by atoms with E-state index in [0.717, 1.165) is 18.7 Å². The van der Waals surface area contributed by atoms with Gasteiger partial charge in [-0.15, -0.1) is 0 Å². The van der Waals surface area contributed by atoms with Crippen LogP contribution in [0.4, 0.5) is 11.4 Å². The van der Waals surface area contributed by atoms with Crippen LogP contribution in [0.2, 0.25) is 5.02 Å². The molecular formula is C47H49ClN4O17S4. The lowest BCUT2D eigenvalue weighted by Crippen LogP contribution is -2.42. The van der Waals surface area contributed by atoms with Crippen molar-refractivity contribution < 1.29 is 71.8 Å². The number of hydrogen-bond acceptors (Lipinski definition) is 20. The van der Waals surface area contributed by atoms with E-state index in [1.165, 1.54) is 107 Å². The molecule has 0 aliphatic carbocycles. The second-order valence-corrected chi connectivity index (χ2v) is 25.1. The van der Waals surface area contributed by atoms with Crippen molar-refractivity contribution in [2.45, 2.75) is 65.3 Å². The van der Waals surface area contributed by atoms with Gasteiger partial charge in [0.15, 0.2) is 50.4 Å². The Labute approximate surface area is 425 Å². The minimum atomic E-state index is -3.28. The number of hydrogen-bond donors (Lipinski definition) is 3. The van der Waals surface area contributed by atoms with Crippen molar-refractivity contribution in [2.75, 3.05) is 36.1 Å². The Kier molecular flexibility index (Phi) is 18.5. The molecule has 4 N–H and O–H groups in total. The average Bonchev–Trinajstić information content (AvgIpc) is 3.25. The number of anilines is 2. The first kappa shape index (κ1) is 58.4. The average molecular weight is 1110 g/mol. The van der Waals surface area contributed by atoms with Crippen molar-refractivity contribution in [2.24, 2.45) is 0 Å². The van der Waals surface area contributed by atoms with E-state index in [-0.39, 0.29) is 32.1 Å². The maximum absolute atomic E-state index is 11.7. The number of nitrogens with one attached hydrogen (secondary N) is 2. The van der Waals surface area contributed by atoms with Gasteiger partial charge in [-0.1, -0.05) is 11.6 Å². The Morgan fingerprint density at radius 3 is 1.51 bits per heavy atom. The van der Waals surface area contributed by atoms with Crippen molar-refractivity contribution >= 4 is 108 Å². The number of nitrogens with zero attached hydrogens (tertiary/aromatic N) is 1. The Hall–Kier alpha value is -7.19. The van der Waals surface area contributed by atoms with Crippen LogP contribution in [0.25, 0.3) is 21.8 Å². The quantitative estimate of drug-likeness (QED) is 0.0624. The van der Waals surface area contributed by atoms with Gasteiger partial charge in [-0.3, -0.25) is 19.4 Å². The zero-order chi connectivity index (χ0) is 54.9. The molecule has 6 aromatic rings. The Morgan fingerprint density at radius 1 is 0.589 bits per heavy atom. The normalized spacial score (nSPS) is 15.1. The zero-order valence-electron chi connectivity index (χ0n) is 40.2. The number of ether oxygens (including phenoxy) is 4. The van der Waals surface area contributed by atoms with E-state index in [1.807, 2.05) is 0 Å². The second-order valence-electron chi connectivity index (χ2n) is 16.6. The Balaban J connectivity index is 0.000000204. The van der Waals surface area contributed by atoms with Gasteiger partial charge in [-0.05, 0) is 91.0 Å². The molecule has 0 spiro atoms. The molecule has 26 heteroatoms. The number of esters is 4. The lowest BCUT2D eigenvalue weighted by atomic mass is 10.2. The highest BCUT2D eigenvalue weighted by Crippen LogP contribution is 2.25. The number of cyclic esters (lactones) is 4. The van der Waals surface area contributed by atoms with Crippen molar-refractivity contribution in [3.8, 4) is 0 Å². The third-order valence-corrected chi connectivity index (χ3v) is 14.2. The van der Waals surface area contributed by atoms with Gasteiger partial charge in [0.05, 0.1) is 30.1 Å². The number of halogens is 1. The molecule has 8 rings (SSSR count). The Morgan fingerprint density at radius 2 is 1.03 bits per heavy atom. The van der Waals surface area contributed by atoms with Crippen LogP contribution in [-0.2, 0) is 77.5 Å². The minimum absolute atomic E-state index is 0.159. The SMILES string of the molecule is CC1(C)OC(=O)C(=CNc2ccc(S(C)(=O)=O)cc2)C(=O)O1.CC1(C)OC(=O)CC(=O)O1.CS(=O)(=O)c1ccc(N)cc1.CS(=O)(=O)c1ccc2[nH]ccc(=O)c2c1.CS(=O)(=O)c1ccc2nccc(Cl)c2c1. The summed E-state index contributed by atoms with van der Waals surface area (Å²) < 4.78 is 109. The Bertz CT molecular complexity index is 3600. The molecule has 390 valence electrons. The zero-order valence-corrected chi connectivity index (χ0v) is 44.2. The van der Waals surface area contributed by atoms with Crippen LogP contribution in [0.5, 0.6) is 0 Å². The van der Waals surface area contributed by atoms with Gasteiger partial charge < -0.3 is 35.0 Å². The van der Waals surface area contributed by atoms with Gasteiger partial charge in [0.2, 0.25) is 0 Å². The third kappa shape index (κ3) is 17.8. The van der Waals surface area contributed by atoms with Gasteiger partial charge in [-0.2, -0.15) is 0 Å². The number of aromatic nitrogens is 2. The fourth-order valence-corrected chi connectivity index (χ4v) is 8.67. The van der Waals surface area contributed by atoms with Crippen LogP contribution in [0.15, 0.2) is 146 Å². The monoisotopic (exact) mass is 1100 g/mol. The second kappa shape index (κ2) is 23.1. The van der Waals surface area contributed by atoms with Crippen LogP contribution in [-0.4, -0.2) is 104 Å². The summed E-state index contributed by atoms with van der Waals surface area (Å²) in [7, 11) is -12.8. The summed E-state index contributed by atoms with van der Waals surface area (Å²) in [5.41, 5.74) is 7.31. The number of nitrogen functional groups attached to an aromatic ring is 1. The topological polar surface area (TPSA) is 326 Å². The fourth-order valence-electron chi connectivity index (χ4n) is 5.91. The summed E-state index contributed by atoms with van der Waals surface area (Å²) >= 11 is 5.94. The first-order valence-corrected chi connectivity index (χ1v) is 28.8. The van der Waals surface area contributed by atoms with Crippen LogP contribution in [0.3, 0.4) is 0 Å². The summed E-state index contributed by atoms with van der Waals surface area (Å²) in [6.07, 6.45) is 8.56. The highest BCUT2D eigenvalue weighted by molar-refractivity contribution is 7.91. The summed E-state index contributed by atoms with van der Waals surface area (Å²) in [5.74, 6) is -5.00.